The van der Waals surface area contributed by atoms with Crippen molar-refractivity contribution in [3.63, 3.8) is 0 Å². The van der Waals surface area contributed by atoms with Gasteiger partial charge in [0.25, 0.3) is 0 Å². The van der Waals surface area contributed by atoms with Crippen LogP contribution >= 0.6 is 34.2 Å². The molecular weight excluding hydrogens is 399 g/mol. The molecule has 0 N–H and O–H groups in total. The first-order valence-corrected chi connectivity index (χ1v) is 8.27. The molecule has 0 atom stereocenters. The highest BCUT2D eigenvalue weighted by atomic mass is 127. The molecule has 0 spiro atoms. The first kappa shape index (κ1) is 16.6. The van der Waals surface area contributed by atoms with E-state index < -0.39 is 0 Å². The van der Waals surface area contributed by atoms with Crippen LogP contribution in [0.5, 0.6) is 0 Å². The molecule has 0 unspecified atom stereocenters. The Balaban J connectivity index is 2.36. The second-order valence-corrected chi connectivity index (χ2v) is 6.76. The van der Waals surface area contributed by atoms with E-state index in [0.29, 0.717) is 23.5 Å². The van der Waals surface area contributed by atoms with Crippen LogP contribution in [0.1, 0.15) is 25.1 Å². The van der Waals surface area contributed by atoms with Gasteiger partial charge in [-0.05, 0) is 40.5 Å². The summed E-state index contributed by atoms with van der Waals surface area (Å²) >= 11 is 8.47. The second-order valence-electron chi connectivity index (χ2n) is 5.33. The lowest BCUT2D eigenvalue weighted by atomic mass is 10.1. The van der Waals surface area contributed by atoms with E-state index in [-0.39, 0.29) is 0 Å². The van der Waals surface area contributed by atoms with Gasteiger partial charge in [0.2, 0.25) is 0 Å². The number of nitrogens with zero attached hydrogens (tertiary/aromatic N) is 2. The van der Waals surface area contributed by atoms with Gasteiger partial charge < -0.3 is 4.74 Å². The van der Waals surface area contributed by atoms with Crippen LogP contribution in [0.25, 0.3) is 11.4 Å². The predicted molar refractivity (Wildman–Crippen MR) is 94.5 cm³/mol. The number of rotatable bonds is 5. The molecule has 0 aliphatic rings. The molecule has 0 aliphatic heterocycles. The van der Waals surface area contributed by atoms with Crippen LogP contribution in [0.3, 0.4) is 0 Å². The zero-order chi connectivity index (χ0) is 15.4. The molecule has 0 amide bonds. The summed E-state index contributed by atoms with van der Waals surface area (Å²) in [5.74, 6) is 1.21. The van der Waals surface area contributed by atoms with Crippen molar-refractivity contribution >= 4 is 34.2 Å². The van der Waals surface area contributed by atoms with Gasteiger partial charge in [-0.3, -0.25) is 0 Å². The van der Waals surface area contributed by atoms with Crippen LogP contribution < -0.4 is 0 Å². The van der Waals surface area contributed by atoms with Gasteiger partial charge in [0, 0.05) is 12.7 Å². The molecule has 0 bridgehead atoms. The molecule has 0 aliphatic carbocycles. The Morgan fingerprint density at radius 3 is 2.43 bits per heavy atom. The van der Waals surface area contributed by atoms with Crippen molar-refractivity contribution in [3.8, 4) is 11.4 Å². The van der Waals surface area contributed by atoms with E-state index in [1.54, 1.807) is 7.11 Å². The molecule has 0 saturated heterocycles. The van der Waals surface area contributed by atoms with E-state index in [4.69, 9.17) is 16.3 Å². The molecule has 21 heavy (non-hydrogen) atoms. The smallest absolute Gasteiger partial charge is 0.161 e. The van der Waals surface area contributed by atoms with Gasteiger partial charge in [0.15, 0.2) is 5.82 Å². The summed E-state index contributed by atoms with van der Waals surface area (Å²) in [5, 5.41) is 0.525. The summed E-state index contributed by atoms with van der Waals surface area (Å²) in [6.45, 7) is 4.95. The maximum atomic E-state index is 6.25. The number of ether oxygens (including phenoxy) is 1. The van der Waals surface area contributed by atoms with Crippen LogP contribution in [-0.2, 0) is 17.8 Å². The summed E-state index contributed by atoms with van der Waals surface area (Å²) < 4.78 is 6.06. The van der Waals surface area contributed by atoms with Crippen LogP contribution in [0.15, 0.2) is 24.3 Å². The molecule has 2 rings (SSSR count). The lowest BCUT2D eigenvalue weighted by Crippen LogP contribution is -2.04. The van der Waals surface area contributed by atoms with Crippen LogP contribution in [-0.4, -0.2) is 17.1 Å². The lowest BCUT2D eigenvalue weighted by molar-refractivity contribution is 0.185. The molecule has 5 heteroatoms. The molecule has 0 fully saturated rings. The van der Waals surface area contributed by atoms with Crippen molar-refractivity contribution < 1.29 is 4.74 Å². The maximum Gasteiger partial charge on any atom is 0.161 e. The van der Waals surface area contributed by atoms with Crippen molar-refractivity contribution in [3.05, 3.63) is 44.2 Å². The monoisotopic (exact) mass is 416 g/mol. The number of halogens is 2. The molecular formula is C16H18ClIN2O. The van der Waals surface area contributed by atoms with Gasteiger partial charge in [-0.15, -0.1) is 0 Å². The summed E-state index contributed by atoms with van der Waals surface area (Å²) in [6.07, 6.45) is 0.898. The highest BCUT2D eigenvalue weighted by Gasteiger charge is 2.13. The number of hydrogen-bond acceptors (Lipinski definition) is 3. The Morgan fingerprint density at radius 1 is 1.19 bits per heavy atom. The van der Waals surface area contributed by atoms with E-state index >= 15 is 0 Å². The standard InChI is InChI=1S/C16H18ClIN2O/c1-10(2)8-13-14(18)15(17)20-16(19-13)12-6-4-11(5-7-12)9-21-3/h4-7,10H,8-9H2,1-3H3. The number of aromatic nitrogens is 2. The van der Waals surface area contributed by atoms with E-state index in [1.165, 1.54) is 0 Å². The zero-order valence-electron chi connectivity index (χ0n) is 12.4. The van der Waals surface area contributed by atoms with Gasteiger partial charge >= 0.3 is 0 Å². The van der Waals surface area contributed by atoms with E-state index in [2.05, 4.69) is 46.4 Å². The minimum absolute atomic E-state index is 0.525. The van der Waals surface area contributed by atoms with Gasteiger partial charge in [-0.2, -0.15) is 0 Å². The summed E-state index contributed by atoms with van der Waals surface area (Å²) in [5.41, 5.74) is 3.11. The summed E-state index contributed by atoms with van der Waals surface area (Å²) in [4.78, 5) is 9.09. The fraction of sp³-hybridized carbons (Fsp3) is 0.375. The van der Waals surface area contributed by atoms with Gasteiger partial charge in [-0.25, -0.2) is 9.97 Å². The van der Waals surface area contributed by atoms with Crippen LogP contribution in [0, 0.1) is 9.49 Å². The fourth-order valence-corrected chi connectivity index (χ4v) is 2.68. The molecule has 1 aromatic heterocycles. The number of benzene rings is 1. The average Bonchev–Trinajstić information content (AvgIpc) is 2.44. The van der Waals surface area contributed by atoms with Crippen molar-refractivity contribution in [1.29, 1.82) is 0 Å². The first-order chi connectivity index (χ1) is 10.0. The third kappa shape index (κ3) is 4.37. The molecule has 0 saturated carbocycles. The SMILES string of the molecule is COCc1ccc(-c2nc(Cl)c(I)c(CC(C)C)n2)cc1. The Morgan fingerprint density at radius 2 is 1.86 bits per heavy atom. The van der Waals surface area contributed by atoms with Crippen molar-refractivity contribution in [2.75, 3.05) is 7.11 Å². The Hall–Kier alpha value is -0.720. The van der Waals surface area contributed by atoms with Crippen LogP contribution in [0.4, 0.5) is 0 Å². The average molecular weight is 417 g/mol. The topological polar surface area (TPSA) is 35.0 Å². The van der Waals surface area contributed by atoms with Crippen molar-refractivity contribution in [1.82, 2.24) is 9.97 Å². The second kappa shape index (κ2) is 7.51. The van der Waals surface area contributed by atoms with E-state index in [0.717, 1.165) is 26.8 Å². The number of methoxy groups -OCH3 is 1. The Kier molecular flexibility index (Phi) is 5.96. The molecule has 1 aromatic carbocycles. The Bertz CT molecular complexity index is 614. The normalized spacial score (nSPS) is 11.1. The maximum absolute atomic E-state index is 6.25. The molecule has 2 aromatic rings. The highest BCUT2D eigenvalue weighted by Crippen LogP contribution is 2.25. The molecule has 1 heterocycles. The van der Waals surface area contributed by atoms with E-state index in [9.17, 15) is 0 Å². The third-order valence-corrected chi connectivity index (χ3v) is 4.73. The summed E-state index contributed by atoms with van der Waals surface area (Å²) in [7, 11) is 1.69. The zero-order valence-corrected chi connectivity index (χ0v) is 15.3. The van der Waals surface area contributed by atoms with Gasteiger partial charge in [-0.1, -0.05) is 49.7 Å². The minimum Gasteiger partial charge on any atom is -0.380 e. The summed E-state index contributed by atoms with van der Waals surface area (Å²) in [6, 6.07) is 8.06. The van der Waals surface area contributed by atoms with Crippen LogP contribution in [0.2, 0.25) is 5.15 Å². The van der Waals surface area contributed by atoms with Gasteiger partial charge in [0.1, 0.15) is 5.15 Å². The van der Waals surface area contributed by atoms with Gasteiger partial charge in [0.05, 0.1) is 15.9 Å². The van der Waals surface area contributed by atoms with Crippen molar-refractivity contribution in [2.45, 2.75) is 26.9 Å². The predicted octanol–water partition coefficient (Wildman–Crippen LogP) is 4.75. The van der Waals surface area contributed by atoms with Crippen molar-refractivity contribution in [2.24, 2.45) is 5.92 Å². The highest BCUT2D eigenvalue weighted by molar-refractivity contribution is 14.1. The molecule has 3 nitrogen and oxygen atoms in total. The largest absolute Gasteiger partial charge is 0.380 e. The van der Waals surface area contributed by atoms with E-state index in [1.807, 2.05) is 24.3 Å². The lowest BCUT2D eigenvalue weighted by Gasteiger charge is -2.10. The first-order valence-electron chi connectivity index (χ1n) is 6.81. The molecule has 0 radical (unpaired) electrons. The number of hydrogen-bond donors (Lipinski definition) is 0. The molecule has 112 valence electrons. The minimum atomic E-state index is 0.525. The Labute approximate surface area is 144 Å². The fourth-order valence-electron chi connectivity index (χ4n) is 2.03. The third-order valence-electron chi connectivity index (χ3n) is 3.00. The quantitative estimate of drug-likeness (QED) is 0.521.